The minimum absolute atomic E-state index is 0.273. The molecule has 2 heteroatoms. The predicted molar refractivity (Wildman–Crippen MR) is 62.4 cm³/mol. The largest absolute Gasteiger partial charge is 0.508 e. The summed E-state index contributed by atoms with van der Waals surface area (Å²) in [6, 6.07) is 5.33. The monoisotopic (exact) mass is 208 g/mol. The van der Waals surface area contributed by atoms with E-state index in [9.17, 15) is 5.11 Å². The van der Waals surface area contributed by atoms with E-state index in [0.717, 1.165) is 30.8 Å². The van der Waals surface area contributed by atoms with E-state index in [1.807, 2.05) is 13.0 Å². The van der Waals surface area contributed by atoms with Crippen molar-refractivity contribution in [3.8, 4) is 11.5 Å². The third kappa shape index (κ3) is 3.82. The molecule has 1 aromatic carbocycles. The summed E-state index contributed by atoms with van der Waals surface area (Å²) in [5.74, 6) is 1.64. The van der Waals surface area contributed by atoms with Crippen molar-refractivity contribution in [2.24, 2.45) is 5.92 Å². The molecule has 0 saturated heterocycles. The molecule has 2 nitrogen and oxygen atoms in total. The summed E-state index contributed by atoms with van der Waals surface area (Å²) in [6.45, 7) is 7.02. The van der Waals surface area contributed by atoms with E-state index in [0.29, 0.717) is 5.92 Å². The molecule has 1 aromatic rings. The minimum Gasteiger partial charge on any atom is -0.508 e. The van der Waals surface area contributed by atoms with Crippen molar-refractivity contribution in [3.63, 3.8) is 0 Å². The molecule has 0 atom stereocenters. The Hall–Kier alpha value is -1.18. The maximum absolute atomic E-state index is 9.39. The molecule has 0 aliphatic heterocycles. The molecule has 0 aliphatic rings. The van der Waals surface area contributed by atoms with Crippen molar-refractivity contribution in [1.82, 2.24) is 0 Å². The Morgan fingerprint density at radius 2 is 1.87 bits per heavy atom. The maximum Gasteiger partial charge on any atom is 0.123 e. The first kappa shape index (κ1) is 11.9. The molecule has 0 aromatic heterocycles. The van der Waals surface area contributed by atoms with Gasteiger partial charge < -0.3 is 9.84 Å². The van der Waals surface area contributed by atoms with Crippen LogP contribution in [0.5, 0.6) is 11.5 Å². The van der Waals surface area contributed by atoms with E-state index in [4.69, 9.17) is 4.74 Å². The Morgan fingerprint density at radius 1 is 1.20 bits per heavy atom. The Morgan fingerprint density at radius 3 is 2.40 bits per heavy atom. The summed E-state index contributed by atoms with van der Waals surface area (Å²) >= 11 is 0. The molecule has 0 heterocycles. The van der Waals surface area contributed by atoms with Gasteiger partial charge in [-0.1, -0.05) is 26.7 Å². The average Bonchev–Trinajstić information content (AvgIpc) is 2.18. The summed E-state index contributed by atoms with van der Waals surface area (Å²) in [6.07, 6.45) is 2.27. The molecule has 1 N–H and O–H groups in total. The fourth-order valence-electron chi connectivity index (χ4n) is 1.55. The van der Waals surface area contributed by atoms with E-state index in [1.54, 1.807) is 12.1 Å². The summed E-state index contributed by atoms with van der Waals surface area (Å²) in [4.78, 5) is 0. The maximum atomic E-state index is 9.39. The van der Waals surface area contributed by atoms with Crippen molar-refractivity contribution < 1.29 is 9.84 Å². The summed E-state index contributed by atoms with van der Waals surface area (Å²) < 4.78 is 5.65. The molecule has 84 valence electrons. The number of hydrogen-bond donors (Lipinski definition) is 1. The highest BCUT2D eigenvalue weighted by Gasteiger charge is 2.05. The molecule has 0 bridgehead atoms. The van der Waals surface area contributed by atoms with Gasteiger partial charge in [0.1, 0.15) is 11.5 Å². The zero-order valence-corrected chi connectivity index (χ0v) is 9.79. The van der Waals surface area contributed by atoms with Gasteiger partial charge in [0.15, 0.2) is 0 Å². The highest BCUT2D eigenvalue weighted by molar-refractivity contribution is 5.36. The number of aryl methyl sites for hydroxylation is 1. The first-order valence-electron chi connectivity index (χ1n) is 5.59. The third-order valence-corrected chi connectivity index (χ3v) is 2.68. The topological polar surface area (TPSA) is 29.5 Å². The number of benzene rings is 1. The number of phenols is 1. The second-order valence-electron chi connectivity index (χ2n) is 4.00. The standard InChI is InChI=1S/C13H20O2/c1-4-11(5-2)9-15-13-7-10(3)6-12(14)8-13/h6-8,11,14H,4-5,9H2,1-3H3. The van der Waals surface area contributed by atoms with Crippen molar-refractivity contribution >= 4 is 0 Å². The van der Waals surface area contributed by atoms with Gasteiger partial charge in [0.25, 0.3) is 0 Å². The van der Waals surface area contributed by atoms with E-state index in [1.165, 1.54) is 0 Å². The molecule has 0 fully saturated rings. The summed E-state index contributed by atoms with van der Waals surface area (Å²) in [5, 5.41) is 9.39. The molecule has 0 saturated carbocycles. The Bertz CT molecular complexity index is 283. The van der Waals surface area contributed by atoms with Crippen LogP contribution < -0.4 is 4.74 Å². The highest BCUT2D eigenvalue weighted by Crippen LogP contribution is 2.22. The second-order valence-corrected chi connectivity index (χ2v) is 4.00. The van der Waals surface area contributed by atoms with Crippen LogP contribution in [0.15, 0.2) is 18.2 Å². The van der Waals surface area contributed by atoms with Crippen molar-refractivity contribution in [2.75, 3.05) is 6.61 Å². The first-order chi connectivity index (χ1) is 7.15. The minimum atomic E-state index is 0.273. The molecular formula is C13H20O2. The fourth-order valence-corrected chi connectivity index (χ4v) is 1.55. The summed E-state index contributed by atoms with van der Waals surface area (Å²) in [7, 11) is 0. The Labute approximate surface area is 91.9 Å². The number of rotatable bonds is 5. The van der Waals surface area contributed by atoms with Crippen LogP contribution in [0.1, 0.15) is 32.3 Å². The van der Waals surface area contributed by atoms with Gasteiger partial charge in [0.05, 0.1) is 6.61 Å². The lowest BCUT2D eigenvalue weighted by Crippen LogP contribution is -2.10. The molecule has 0 aliphatic carbocycles. The van der Waals surface area contributed by atoms with E-state index in [-0.39, 0.29) is 5.75 Å². The average molecular weight is 208 g/mol. The van der Waals surface area contributed by atoms with Gasteiger partial charge in [0.2, 0.25) is 0 Å². The quantitative estimate of drug-likeness (QED) is 0.802. The zero-order valence-electron chi connectivity index (χ0n) is 9.79. The molecular weight excluding hydrogens is 188 g/mol. The normalized spacial score (nSPS) is 10.7. The number of ether oxygens (including phenoxy) is 1. The SMILES string of the molecule is CCC(CC)COc1cc(C)cc(O)c1. The van der Waals surface area contributed by atoms with Crippen LogP contribution >= 0.6 is 0 Å². The van der Waals surface area contributed by atoms with Gasteiger partial charge in [0, 0.05) is 6.07 Å². The molecule has 15 heavy (non-hydrogen) atoms. The lowest BCUT2D eigenvalue weighted by molar-refractivity contribution is 0.239. The van der Waals surface area contributed by atoms with E-state index < -0.39 is 0 Å². The molecule has 0 radical (unpaired) electrons. The van der Waals surface area contributed by atoms with Gasteiger partial charge in [-0.05, 0) is 30.5 Å². The van der Waals surface area contributed by atoms with Crippen LogP contribution in [0.4, 0.5) is 0 Å². The highest BCUT2D eigenvalue weighted by atomic mass is 16.5. The van der Waals surface area contributed by atoms with E-state index in [2.05, 4.69) is 13.8 Å². The third-order valence-electron chi connectivity index (χ3n) is 2.68. The van der Waals surface area contributed by atoms with Crippen LogP contribution in [0, 0.1) is 12.8 Å². The van der Waals surface area contributed by atoms with Gasteiger partial charge in [-0.15, -0.1) is 0 Å². The van der Waals surface area contributed by atoms with Crippen LogP contribution in [0.25, 0.3) is 0 Å². The number of aromatic hydroxyl groups is 1. The zero-order chi connectivity index (χ0) is 11.3. The summed E-state index contributed by atoms with van der Waals surface area (Å²) in [5.41, 5.74) is 1.02. The molecule has 1 rings (SSSR count). The number of phenolic OH excluding ortho intramolecular Hbond substituents is 1. The van der Waals surface area contributed by atoms with Crippen LogP contribution in [-0.2, 0) is 0 Å². The van der Waals surface area contributed by atoms with Gasteiger partial charge in [-0.25, -0.2) is 0 Å². The lowest BCUT2D eigenvalue weighted by Gasteiger charge is -2.14. The van der Waals surface area contributed by atoms with Crippen LogP contribution in [0.3, 0.4) is 0 Å². The lowest BCUT2D eigenvalue weighted by atomic mass is 10.1. The Kier molecular flexibility index (Phi) is 4.47. The predicted octanol–water partition coefficient (Wildman–Crippen LogP) is 3.52. The molecule has 0 amide bonds. The van der Waals surface area contributed by atoms with Crippen molar-refractivity contribution in [2.45, 2.75) is 33.6 Å². The van der Waals surface area contributed by atoms with E-state index >= 15 is 0 Å². The van der Waals surface area contributed by atoms with Crippen LogP contribution in [0.2, 0.25) is 0 Å². The van der Waals surface area contributed by atoms with Gasteiger partial charge in [-0.2, -0.15) is 0 Å². The van der Waals surface area contributed by atoms with Gasteiger partial charge in [-0.3, -0.25) is 0 Å². The first-order valence-corrected chi connectivity index (χ1v) is 5.59. The van der Waals surface area contributed by atoms with Crippen molar-refractivity contribution in [3.05, 3.63) is 23.8 Å². The Balaban J connectivity index is 2.57. The van der Waals surface area contributed by atoms with Crippen LogP contribution in [-0.4, -0.2) is 11.7 Å². The smallest absolute Gasteiger partial charge is 0.123 e. The van der Waals surface area contributed by atoms with Crippen molar-refractivity contribution in [1.29, 1.82) is 0 Å². The van der Waals surface area contributed by atoms with Gasteiger partial charge >= 0.3 is 0 Å². The second kappa shape index (κ2) is 5.64. The fraction of sp³-hybridized carbons (Fsp3) is 0.538. The molecule has 0 spiro atoms. The molecule has 0 unspecified atom stereocenters. The number of hydrogen-bond acceptors (Lipinski definition) is 2.